The number of sulfonamides is 1. The molecule has 0 saturated heterocycles. The number of ether oxygens (including phenoxy) is 1. The van der Waals surface area contributed by atoms with Crippen molar-refractivity contribution in [3.8, 4) is 5.75 Å². The summed E-state index contributed by atoms with van der Waals surface area (Å²) in [6.07, 6.45) is 0.457. The molecule has 2 heterocycles. The lowest BCUT2D eigenvalue weighted by Gasteiger charge is -2.37. The van der Waals surface area contributed by atoms with Gasteiger partial charge in [0, 0.05) is 17.5 Å². The molecule has 1 aromatic heterocycles. The molecule has 1 atom stereocenters. The van der Waals surface area contributed by atoms with Gasteiger partial charge in [0.1, 0.15) is 11.4 Å². The Morgan fingerprint density at radius 3 is 2.65 bits per heavy atom. The maximum absolute atomic E-state index is 13.0. The molecule has 0 fully saturated rings. The van der Waals surface area contributed by atoms with Crippen LogP contribution in [0.4, 0.5) is 5.13 Å². The van der Waals surface area contributed by atoms with Crippen LogP contribution in [0.2, 0.25) is 0 Å². The fraction of sp³-hybridized carbons (Fsp3) is 0.286. The average Bonchev–Trinajstić information content (AvgIpc) is 3.16. The van der Waals surface area contributed by atoms with Crippen LogP contribution in [0.3, 0.4) is 0 Å². The number of amides is 1. The highest BCUT2D eigenvalue weighted by Gasteiger charge is 2.37. The number of aryl methyl sites for hydroxylation is 1. The second-order valence-electron chi connectivity index (χ2n) is 7.97. The third kappa shape index (κ3) is 4.76. The predicted molar refractivity (Wildman–Crippen MR) is 118 cm³/mol. The summed E-state index contributed by atoms with van der Waals surface area (Å²) in [5, 5.41) is 10.3. The molecule has 0 aliphatic carbocycles. The molecule has 10 heteroatoms. The number of carbonyl (C=O) groups is 1. The van der Waals surface area contributed by atoms with Gasteiger partial charge in [0.25, 0.3) is 15.9 Å². The minimum atomic E-state index is -3.95. The zero-order valence-electron chi connectivity index (χ0n) is 17.2. The second-order valence-corrected chi connectivity index (χ2v) is 10.8. The lowest BCUT2D eigenvalue weighted by atomic mass is 9.90. The van der Waals surface area contributed by atoms with Crippen LogP contribution in [0.25, 0.3) is 0 Å². The Kier molecular flexibility index (Phi) is 5.54. The van der Waals surface area contributed by atoms with E-state index < -0.39 is 21.7 Å². The Morgan fingerprint density at radius 1 is 1.16 bits per heavy atom. The topological polar surface area (TPSA) is 110 Å². The zero-order chi connectivity index (χ0) is 22.2. The fourth-order valence-corrected chi connectivity index (χ4v) is 5.56. The van der Waals surface area contributed by atoms with Crippen LogP contribution < -0.4 is 14.8 Å². The minimum absolute atomic E-state index is 0.109. The number of rotatable bonds is 5. The molecule has 3 aromatic rings. The lowest BCUT2D eigenvalue weighted by molar-refractivity contribution is 0.0701. The molecule has 162 valence electrons. The van der Waals surface area contributed by atoms with Crippen molar-refractivity contribution >= 4 is 32.4 Å². The van der Waals surface area contributed by atoms with Crippen LogP contribution >= 0.6 is 11.3 Å². The van der Waals surface area contributed by atoms with Gasteiger partial charge >= 0.3 is 0 Å². The van der Waals surface area contributed by atoms with Gasteiger partial charge in [-0.25, -0.2) is 13.1 Å². The van der Waals surface area contributed by atoms with E-state index >= 15 is 0 Å². The monoisotopic (exact) mass is 458 g/mol. The molecule has 0 bridgehead atoms. The summed E-state index contributed by atoms with van der Waals surface area (Å²) in [5.74, 6) is 0.279. The number of hydrogen-bond donors (Lipinski definition) is 2. The van der Waals surface area contributed by atoms with E-state index in [1.165, 1.54) is 0 Å². The average molecular weight is 459 g/mol. The van der Waals surface area contributed by atoms with E-state index in [1.807, 2.05) is 39.0 Å². The Labute approximate surface area is 184 Å². The Bertz CT molecular complexity index is 1220. The van der Waals surface area contributed by atoms with Gasteiger partial charge < -0.3 is 4.74 Å². The number of carbonyl (C=O) groups excluding carboxylic acids is 1. The highest BCUT2D eigenvalue weighted by Crippen LogP contribution is 2.40. The number of fused-ring (bicyclic) bond motifs is 1. The molecule has 1 aliphatic rings. The number of nitrogens with zero attached hydrogens (tertiary/aromatic N) is 2. The minimum Gasteiger partial charge on any atom is -0.487 e. The number of hydrogen-bond acceptors (Lipinski definition) is 7. The first kappa shape index (κ1) is 21.4. The van der Waals surface area contributed by atoms with Crippen molar-refractivity contribution in [3.05, 3.63) is 65.2 Å². The second kappa shape index (κ2) is 8.03. The molecule has 1 aliphatic heterocycles. The molecule has 4 rings (SSSR count). The van der Waals surface area contributed by atoms with E-state index in [4.69, 9.17) is 4.74 Å². The smallest absolute Gasteiger partial charge is 0.270 e. The summed E-state index contributed by atoms with van der Waals surface area (Å²) in [5.41, 5.74) is 1.71. The Morgan fingerprint density at radius 2 is 1.90 bits per heavy atom. The van der Waals surface area contributed by atoms with Gasteiger partial charge in [-0.3, -0.25) is 10.1 Å². The maximum atomic E-state index is 13.0. The molecule has 0 spiro atoms. The highest BCUT2D eigenvalue weighted by molar-refractivity contribution is 7.91. The number of nitrogens with one attached hydrogen (secondary N) is 2. The number of aromatic nitrogens is 2. The summed E-state index contributed by atoms with van der Waals surface area (Å²) in [6, 6.07) is 13.8. The Balaban J connectivity index is 1.54. The van der Waals surface area contributed by atoms with Crippen molar-refractivity contribution in [2.75, 3.05) is 5.32 Å². The molecule has 0 radical (unpaired) electrons. The van der Waals surface area contributed by atoms with E-state index in [1.54, 1.807) is 30.3 Å². The number of benzene rings is 2. The molecule has 31 heavy (non-hydrogen) atoms. The third-order valence-electron chi connectivity index (χ3n) is 4.82. The van der Waals surface area contributed by atoms with E-state index in [0.717, 1.165) is 22.5 Å². The van der Waals surface area contributed by atoms with Crippen LogP contribution in [-0.2, 0) is 10.0 Å². The van der Waals surface area contributed by atoms with Crippen molar-refractivity contribution < 1.29 is 17.9 Å². The molecule has 1 unspecified atom stereocenters. The lowest BCUT2D eigenvalue weighted by Crippen LogP contribution is -2.41. The molecule has 2 aromatic carbocycles. The first-order valence-electron chi connectivity index (χ1n) is 9.65. The fourth-order valence-electron chi connectivity index (χ4n) is 3.43. The van der Waals surface area contributed by atoms with Crippen LogP contribution in [0.1, 0.15) is 47.8 Å². The first-order valence-corrected chi connectivity index (χ1v) is 11.9. The SMILES string of the molecule is Cc1ccc2c(c1)OC(C)(C)CC2NS(=O)(=O)c1nnc(NC(=O)c2ccccc2)s1. The summed E-state index contributed by atoms with van der Waals surface area (Å²) in [6.45, 7) is 5.79. The largest absolute Gasteiger partial charge is 0.487 e. The van der Waals surface area contributed by atoms with Crippen molar-refractivity contribution in [2.45, 2.75) is 43.2 Å². The zero-order valence-corrected chi connectivity index (χ0v) is 18.9. The van der Waals surface area contributed by atoms with Crippen LogP contribution in [0, 0.1) is 6.92 Å². The van der Waals surface area contributed by atoms with Crippen molar-refractivity contribution in [2.24, 2.45) is 0 Å². The number of anilines is 1. The standard InChI is InChI=1S/C21H22N4O4S2/c1-13-9-10-15-16(12-21(2,3)29-17(15)11-13)25-31(27,28)20-24-23-19(30-20)22-18(26)14-7-5-4-6-8-14/h4-11,16,25H,12H2,1-3H3,(H,22,23,26). The van der Waals surface area contributed by atoms with Gasteiger partial charge in [0.15, 0.2) is 0 Å². The van der Waals surface area contributed by atoms with Crippen molar-refractivity contribution in [3.63, 3.8) is 0 Å². The van der Waals surface area contributed by atoms with Gasteiger partial charge in [-0.15, -0.1) is 10.2 Å². The third-order valence-corrected chi connectivity index (χ3v) is 7.49. The van der Waals surface area contributed by atoms with Crippen LogP contribution in [-0.4, -0.2) is 30.1 Å². The predicted octanol–water partition coefficient (Wildman–Crippen LogP) is 3.68. The van der Waals surface area contributed by atoms with E-state index in [2.05, 4.69) is 20.2 Å². The highest BCUT2D eigenvalue weighted by atomic mass is 32.2. The van der Waals surface area contributed by atoms with E-state index in [-0.39, 0.29) is 15.4 Å². The normalized spacial score (nSPS) is 17.5. The van der Waals surface area contributed by atoms with Crippen molar-refractivity contribution in [1.29, 1.82) is 0 Å². The van der Waals surface area contributed by atoms with Crippen LogP contribution in [0.5, 0.6) is 5.75 Å². The summed E-state index contributed by atoms with van der Waals surface area (Å²) in [4.78, 5) is 12.3. The summed E-state index contributed by atoms with van der Waals surface area (Å²) >= 11 is 0.799. The van der Waals surface area contributed by atoms with Gasteiger partial charge in [0.05, 0.1) is 6.04 Å². The van der Waals surface area contributed by atoms with E-state index in [9.17, 15) is 13.2 Å². The molecular formula is C21H22N4O4S2. The van der Waals surface area contributed by atoms with Crippen LogP contribution in [0.15, 0.2) is 52.9 Å². The molecule has 2 N–H and O–H groups in total. The van der Waals surface area contributed by atoms with Gasteiger partial charge in [0.2, 0.25) is 9.47 Å². The molecule has 8 nitrogen and oxygen atoms in total. The van der Waals surface area contributed by atoms with Gasteiger partial charge in [-0.1, -0.05) is 41.7 Å². The summed E-state index contributed by atoms with van der Waals surface area (Å²) < 4.78 is 34.5. The van der Waals surface area contributed by atoms with Crippen molar-refractivity contribution in [1.82, 2.24) is 14.9 Å². The Hall–Kier alpha value is -2.82. The molecule has 0 saturated carbocycles. The van der Waals surface area contributed by atoms with E-state index in [0.29, 0.717) is 17.7 Å². The first-order chi connectivity index (χ1) is 14.6. The van der Waals surface area contributed by atoms with Gasteiger partial charge in [-0.05, 0) is 44.5 Å². The molecule has 1 amide bonds. The maximum Gasteiger partial charge on any atom is 0.270 e. The molecular weight excluding hydrogens is 436 g/mol. The van der Waals surface area contributed by atoms with Gasteiger partial charge in [-0.2, -0.15) is 0 Å². The quantitative estimate of drug-likeness (QED) is 0.565. The summed E-state index contributed by atoms with van der Waals surface area (Å²) in [7, 11) is -3.95.